The van der Waals surface area contributed by atoms with E-state index in [2.05, 4.69) is 0 Å². The lowest BCUT2D eigenvalue weighted by molar-refractivity contribution is 0.00994. The quantitative estimate of drug-likeness (QED) is 0.884. The van der Waals surface area contributed by atoms with Crippen LogP contribution in [0.15, 0.2) is 18.2 Å². The summed E-state index contributed by atoms with van der Waals surface area (Å²) in [6, 6.07) is 3.88. The summed E-state index contributed by atoms with van der Waals surface area (Å²) in [5, 5.41) is 0.487. The van der Waals surface area contributed by atoms with Crippen molar-refractivity contribution in [1.82, 2.24) is 0 Å². The topological polar surface area (TPSA) is 35.2 Å². The Labute approximate surface area is 101 Å². The van der Waals surface area contributed by atoms with Crippen LogP contribution in [-0.2, 0) is 4.74 Å². The predicted octanol–water partition coefficient (Wildman–Crippen LogP) is 3.29. The van der Waals surface area contributed by atoms with Gasteiger partial charge < -0.3 is 10.5 Å². The summed E-state index contributed by atoms with van der Waals surface area (Å²) in [6.07, 6.45) is 0.576. The molecule has 0 saturated heterocycles. The van der Waals surface area contributed by atoms with Gasteiger partial charge in [-0.25, -0.2) is 4.39 Å². The molecule has 0 aromatic heterocycles. The summed E-state index contributed by atoms with van der Waals surface area (Å²) < 4.78 is 18.4. The molecular weight excluding hydrogens is 229 g/mol. The van der Waals surface area contributed by atoms with Crippen molar-refractivity contribution in [1.29, 1.82) is 0 Å². The van der Waals surface area contributed by atoms with Crippen LogP contribution >= 0.6 is 11.6 Å². The Hall–Kier alpha value is -0.640. The third kappa shape index (κ3) is 3.44. The van der Waals surface area contributed by atoms with Gasteiger partial charge in [-0.3, -0.25) is 0 Å². The van der Waals surface area contributed by atoms with Gasteiger partial charge in [-0.15, -0.1) is 0 Å². The lowest BCUT2D eigenvalue weighted by Crippen LogP contribution is -2.28. The summed E-state index contributed by atoms with van der Waals surface area (Å²) in [7, 11) is 1.62. The first-order valence-electron chi connectivity index (χ1n) is 5.11. The van der Waals surface area contributed by atoms with E-state index in [0.29, 0.717) is 17.0 Å². The highest BCUT2D eigenvalue weighted by Crippen LogP contribution is 2.29. The maximum Gasteiger partial charge on any atom is 0.123 e. The standard InChI is InChI=1S/C12H17ClFNO/c1-12(2,16-3)7-11(15)9-6-8(14)4-5-10(9)13/h4-6,11H,7,15H2,1-3H3. The molecule has 0 bridgehead atoms. The van der Waals surface area contributed by atoms with Crippen LogP contribution in [0.4, 0.5) is 4.39 Å². The Morgan fingerprint density at radius 2 is 2.12 bits per heavy atom. The molecule has 0 aliphatic carbocycles. The first-order chi connectivity index (χ1) is 7.35. The molecule has 0 saturated carbocycles. The van der Waals surface area contributed by atoms with Gasteiger partial charge in [0, 0.05) is 18.2 Å². The van der Waals surface area contributed by atoms with Crippen molar-refractivity contribution in [2.75, 3.05) is 7.11 Å². The Kier molecular flexibility index (Phi) is 4.30. The summed E-state index contributed by atoms with van der Waals surface area (Å²) in [6.45, 7) is 3.86. The van der Waals surface area contributed by atoms with E-state index in [1.807, 2.05) is 13.8 Å². The second-order valence-electron chi connectivity index (χ2n) is 4.44. The molecule has 90 valence electrons. The largest absolute Gasteiger partial charge is 0.379 e. The van der Waals surface area contributed by atoms with E-state index in [1.54, 1.807) is 7.11 Å². The number of methoxy groups -OCH3 is 1. The molecule has 0 amide bonds. The Morgan fingerprint density at radius 1 is 1.50 bits per heavy atom. The normalized spacial score (nSPS) is 13.9. The van der Waals surface area contributed by atoms with E-state index in [9.17, 15) is 4.39 Å². The summed E-state index contributed by atoms with van der Waals surface area (Å²) in [5.74, 6) is -0.329. The molecular formula is C12H17ClFNO. The molecule has 0 aliphatic rings. The van der Waals surface area contributed by atoms with Gasteiger partial charge in [-0.1, -0.05) is 11.6 Å². The van der Waals surface area contributed by atoms with E-state index in [-0.39, 0.29) is 17.5 Å². The van der Waals surface area contributed by atoms with Gasteiger partial charge in [0.05, 0.1) is 5.60 Å². The Bertz CT molecular complexity index is 368. The fraction of sp³-hybridized carbons (Fsp3) is 0.500. The minimum Gasteiger partial charge on any atom is -0.379 e. The predicted molar refractivity (Wildman–Crippen MR) is 64.0 cm³/mol. The third-order valence-electron chi connectivity index (χ3n) is 2.62. The number of rotatable bonds is 4. The highest BCUT2D eigenvalue weighted by Gasteiger charge is 2.23. The third-order valence-corrected chi connectivity index (χ3v) is 2.97. The van der Waals surface area contributed by atoms with Crippen molar-refractivity contribution in [2.45, 2.75) is 31.9 Å². The first-order valence-corrected chi connectivity index (χ1v) is 5.49. The molecule has 0 fully saturated rings. The Balaban J connectivity index is 2.88. The molecule has 2 nitrogen and oxygen atoms in total. The molecule has 1 rings (SSSR count). The van der Waals surface area contributed by atoms with Crippen LogP contribution in [0.25, 0.3) is 0 Å². The molecule has 16 heavy (non-hydrogen) atoms. The van der Waals surface area contributed by atoms with E-state index in [4.69, 9.17) is 22.1 Å². The molecule has 4 heteroatoms. The van der Waals surface area contributed by atoms with E-state index >= 15 is 0 Å². The monoisotopic (exact) mass is 245 g/mol. The molecule has 1 atom stereocenters. The maximum absolute atomic E-state index is 13.1. The average molecular weight is 246 g/mol. The van der Waals surface area contributed by atoms with E-state index in [0.717, 1.165) is 0 Å². The fourth-order valence-corrected chi connectivity index (χ4v) is 1.78. The second kappa shape index (κ2) is 5.13. The Morgan fingerprint density at radius 3 is 2.69 bits per heavy atom. The van der Waals surface area contributed by atoms with E-state index < -0.39 is 0 Å². The van der Waals surface area contributed by atoms with Crippen molar-refractivity contribution in [3.05, 3.63) is 34.6 Å². The van der Waals surface area contributed by atoms with Crippen molar-refractivity contribution < 1.29 is 9.13 Å². The molecule has 0 aliphatic heterocycles. The number of halogens is 2. The molecule has 1 unspecified atom stereocenters. The number of hydrogen-bond acceptors (Lipinski definition) is 2. The summed E-state index contributed by atoms with van der Waals surface area (Å²) >= 11 is 5.98. The van der Waals surface area contributed by atoms with Crippen molar-refractivity contribution in [3.63, 3.8) is 0 Å². The maximum atomic E-state index is 13.1. The lowest BCUT2D eigenvalue weighted by atomic mass is 9.94. The van der Waals surface area contributed by atoms with Crippen molar-refractivity contribution in [3.8, 4) is 0 Å². The van der Waals surface area contributed by atoms with Gasteiger partial charge in [0.25, 0.3) is 0 Å². The van der Waals surface area contributed by atoms with Gasteiger partial charge in [-0.05, 0) is 44.0 Å². The smallest absolute Gasteiger partial charge is 0.123 e. The van der Waals surface area contributed by atoms with Gasteiger partial charge >= 0.3 is 0 Å². The lowest BCUT2D eigenvalue weighted by Gasteiger charge is -2.27. The zero-order valence-electron chi connectivity index (χ0n) is 9.76. The minimum absolute atomic E-state index is 0.329. The van der Waals surface area contributed by atoms with Crippen LogP contribution < -0.4 is 5.73 Å². The van der Waals surface area contributed by atoms with Gasteiger partial charge in [0.1, 0.15) is 5.82 Å². The molecule has 1 aromatic carbocycles. The molecule has 0 spiro atoms. The fourth-order valence-electron chi connectivity index (χ4n) is 1.52. The zero-order chi connectivity index (χ0) is 12.3. The van der Waals surface area contributed by atoms with E-state index in [1.165, 1.54) is 18.2 Å². The van der Waals surface area contributed by atoms with Crippen LogP contribution in [0, 0.1) is 5.82 Å². The number of nitrogens with two attached hydrogens (primary N) is 1. The first kappa shape index (κ1) is 13.4. The van der Waals surface area contributed by atoms with Crippen molar-refractivity contribution >= 4 is 11.6 Å². The summed E-state index contributed by atoms with van der Waals surface area (Å²) in [5.41, 5.74) is 6.26. The average Bonchev–Trinajstić information content (AvgIpc) is 2.21. The van der Waals surface area contributed by atoms with Crippen LogP contribution in [-0.4, -0.2) is 12.7 Å². The van der Waals surface area contributed by atoms with Gasteiger partial charge in [-0.2, -0.15) is 0 Å². The van der Waals surface area contributed by atoms with Crippen molar-refractivity contribution in [2.24, 2.45) is 5.73 Å². The zero-order valence-corrected chi connectivity index (χ0v) is 10.5. The van der Waals surface area contributed by atoms with Crippen LogP contribution in [0.5, 0.6) is 0 Å². The van der Waals surface area contributed by atoms with Crippen LogP contribution in [0.2, 0.25) is 5.02 Å². The summed E-state index contributed by atoms with van der Waals surface area (Å²) in [4.78, 5) is 0. The minimum atomic E-state index is -0.352. The molecule has 0 heterocycles. The van der Waals surface area contributed by atoms with Gasteiger partial charge in [0.15, 0.2) is 0 Å². The number of hydrogen-bond donors (Lipinski definition) is 1. The van der Waals surface area contributed by atoms with Crippen LogP contribution in [0.1, 0.15) is 31.9 Å². The molecule has 0 radical (unpaired) electrons. The number of ether oxygens (including phenoxy) is 1. The SMILES string of the molecule is COC(C)(C)CC(N)c1cc(F)ccc1Cl. The van der Waals surface area contributed by atoms with Crippen LogP contribution in [0.3, 0.4) is 0 Å². The highest BCUT2D eigenvalue weighted by atomic mass is 35.5. The second-order valence-corrected chi connectivity index (χ2v) is 4.85. The van der Waals surface area contributed by atoms with Gasteiger partial charge in [0.2, 0.25) is 0 Å². The molecule has 1 aromatic rings. The molecule has 2 N–H and O–H groups in total. The highest BCUT2D eigenvalue weighted by molar-refractivity contribution is 6.31. The number of benzene rings is 1.